The van der Waals surface area contributed by atoms with Crippen LogP contribution in [0.2, 0.25) is 0 Å². The molecule has 0 radical (unpaired) electrons. The second-order valence-electron chi connectivity index (χ2n) is 4.52. The molecule has 2 rings (SSSR count). The van der Waals surface area contributed by atoms with Crippen LogP contribution < -0.4 is 5.32 Å². The van der Waals surface area contributed by atoms with Gasteiger partial charge in [0.1, 0.15) is 0 Å². The maximum atomic E-state index is 5.04. The molecule has 82 valence electrons. The molecule has 2 aliphatic rings. The van der Waals surface area contributed by atoms with E-state index >= 15 is 0 Å². The fourth-order valence-corrected chi connectivity index (χ4v) is 2.77. The normalized spacial score (nSPS) is 33.2. The van der Waals surface area contributed by atoms with E-state index in [2.05, 4.69) is 10.2 Å². The lowest BCUT2D eigenvalue weighted by atomic mass is 10.0. The summed E-state index contributed by atoms with van der Waals surface area (Å²) < 4.78 is 5.04. The highest BCUT2D eigenvalue weighted by Crippen LogP contribution is 2.26. The number of fused-ring (bicyclic) bond motifs is 1. The lowest BCUT2D eigenvalue weighted by molar-refractivity contribution is 0.191. The Kier molecular flexibility index (Phi) is 3.79. The molecule has 2 fully saturated rings. The van der Waals surface area contributed by atoms with Gasteiger partial charge in [0.15, 0.2) is 0 Å². The van der Waals surface area contributed by atoms with Gasteiger partial charge in [-0.1, -0.05) is 6.42 Å². The number of nitrogens with one attached hydrogen (secondary N) is 1. The van der Waals surface area contributed by atoms with Crippen LogP contribution in [0.4, 0.5) is 0 Å². The third kappa shape index (κ3) is 2.47. The van der Waals surface area contributed by atoms with Crippen molar-refractivity contribution in [1.82, 2.24) is 10.2 Å². The van der Waals surface area contributed by atoms with Gasteiger partial charge in [0.25, 0.3) is 0 Å². The zero-order chi connectivity index (χ0) is 9.80. The Morgan fingerprint density at radius 1 is 1.43 bits per heavy atom. The Hall–Kier alpha value is -0.120. The molecule has 2 unspecified atom stereocenters. The van der Waals surface area contributed by atoms with Gasteiger partial charge in [0, 0.05) is 32.3 Å². The lowest BCUT2D eigenvalue weighted by Gasteiger charge is -2.28. The number of methoxy groups -OCH3 is 1. The van der Waals surface area contributed by atoms with Crippen molar-refractivity contribution in [3.63, 3.8) is 0 Å². The van der Waals surface area contributed by atoms with Crippen LogP contribution in [-0.2, 0) is 4.74 Å². The molecular formula is C11H22N2O. The summed E-state index contributed by atoms with van der Waals surface area (Å²) in [4.78, 5) is 2.66. The van der Waals surface area contributed by atoms with Crippen LogP contribution in [0.1, 0.15) is 25.7 Å². The Bertz CT molecular complexity index is 161. The fourth-order valence-electron chi connectivity index (χ4n) is 2.77. The van der Waals surface area contributed by atoms with E-state index < -0.39 is 0 Å². The van der Waals surface area contributed by atoms with Gasteiger partial charge in [-0.2, -0.15) is 0 Å². The molecular weight excluding hydrogens is 176 g/mol. The Balaban J connectivity index is 1.70. The number of hydrogen-bond donors (Lipinski definition) is 1. The van der Waals surface area contributed by atoms with E-state index in [-0.39, 0.29) is 0 Å². The average Bonchev–Trinajstić information content (AvgIpc) is 2.60. The number of rotatable bonds is 4. The van der Waals surface area contributed by atoms with Gasteiger partial charge in [-0.3, -0.25) is 4.90 Å². The molecule has 2 aliphatic heterocycles. The van der Waals surface area contributed by atoms with Crippen molar-refractivity contribution >= 4 is 0 Å². The molecule has 2 saturated heterocycles. The number of hydrogen-bond acceptors (Lipinski definition) is 3. The highest BCUT2D eigenvalue weighted by Gasteiger charge is 2.32. The van der Waals surface area contributed by atoms with E-state index in [1.54, 1.807) is 7.11 Å². The second-order valence-corrected chi connectivity index (χ2v) is 4.52. The van der Waals surface area contributed by atoms with E-state index in [0.717, 1.165) is 19.2 Å². The predicted octanol–water partition coefficient (Wildman–Crippen LogP) is 0.849. The van der Waals surface area contributed by atoms with E-state index in [0.29, 0.717) is 6.04 Å². The minimum absolute atomic E-state index is 0.716. The molecule has 0 aromatic heterocycles. The van der Waals surface area contributed by atoms with Crippen LogP contribution in [0.25, 0.3) is 0 Å². The minimum atomic E-state index is 0.716. The third-order valence-corrected chi connectivity index (χ3v) is 3.50. The number of ether oxygens (including phenoxy) is 1. The molecule has 1 N–H and O–H groups in total. The van der Waals surface area contributed by atoms with Gasteiger partial charge >= 0.3 is 0 Å². The van der Waals surface area contributed by atoms with Crippen molar-refractivity contribution in [2.75, 3.05) is 33.4 Å². The molecule has 0 aromatic rings. The highest BCUT2D eigenvalue weighted by atomic mass is 16.5. The van der Waals surface area contributed by atoms with Crippen LogP contribution in [0.3, 0.4) is 0 Å². The summed E-state index contributed by atoms with van der Waals surface area (Å²) in [6.07, 6.45) is 5.61. The van der Waals surface area contributed by atoms with Crippen molar-refractivity contribution in [3.05, 3.63) is 0 Å². The van der Waals surface area contributed by atoms with Crippen molar-refractivity contribution in [1.29, 1.82) is 0 Å². The summed E-state index contributed by atoms with van der Waals surface area (Å²) in [7, 11) is 1.76. The first-order valence-corrected chi connectivity index (χ1v) is 5.86. The molecule has 0 bridgehead atoms. The smallest absolute Gasteiger partial charge is 0.0587 e. The maximum Gasteiger partial charge on any atom is 0.0587 e. The molecule has 0 spiro atoms. The molecule has 14 heavy (non-hydrogen) atoms. The van der Waals surface area contributed by atoms with Crippen molar-refractivity contribution < 1.29 is 4.74 Å². The van der Waals surface area contributed by atoms with Gasteiger partial charge in [0.05, 0.1) is 6.61 Å². The third-order valence-electron chi connectivity index (χ3n) is 3.50. The summed E-state index contributed by atoms with van der Waals surface area (Å²) in [6, 6.07) is 1.59. The predicted molar refractivity (Wildman–Crippen MR) is 57.5 cm³/mol. The van der Waals surface area contributed by atoms with E-state index in [1.807, 2.05) is 0 Å². The monoisotopic (exact) mass is 198 g/mol. The van der Waals surface area contributed by atoms with Crippen LogP contribution in [0, 0.1) is 0 Å². The molecule has 0 saturated carbocycles. The first-order chi connectivity index (χ1) is 6.90. The minimum Gasteiger partial charge on any atom is -0.383 e. The van der Waals surface area contributed by atoms with Gasteiger partial charge in [-0.25, -0.2) is 0 Å². The largest absolute Gasteiger partial charge is 0.383 e. The quantitative estimate of drug-likeness (QED) is 0.678. The lowest BCUT2D eigenvalue weighted by Crippen LogP contribution is -2.36. The fraction of sp³-hybridized carbons (Fsp3) is 1.00. The van der Waals surface area contributed by atoms with E-state index in [9.17, 15) is 0 Å². The second kappa shape index (κ2) is 5.10. The molecule has 2 heterocycles. The molecule has 0 aliphatic carbocycles. The van der Waals surface area contributed by atoms with Gasteiger partial charge in [-0.05, 0) is 25.8 Å². The van der Waals surface area contributed by atoms with E-state index in [4.69, 9.17) is 4.74 Å². The first-order valence-electron chi connectivity index (χ1n) is 5.86. The molecule has 0 aromatic carbocycles. The zero-order valence-corrected chi connectivity index (χ0v) is 9.17. The standard InChI is InChI=1S/C11H22N2O/c1-14-7-5-12-10-8-11-4-2-3-6-13(11)9-10/h10-12H,2-9H2,1H3. The maximum absolute atomic E-state index is 5.04. The topological polar surface area (TPSA) is 24.5 Å². The molecule has 3 heteroatoms. The van der Waals surface area contributed by atoms with Crippen molar-refractivity contribution in [3.8, 4) is 0 Å². The number of piperidine rings is 1. The molecule has 0 amide bonds. The average molecular weight is 198 g/mol. The van der Waals surface area contributed by atoms with Gasteiger partial charge in [-0.15, -0.1) is 0 Å². The van der Waals surface area contributed by atoms with Crippen molar-refractivity contribution in [2.45, 2.75) is 37.8 Å². The molecule has 3 nitrogen and oxygen atoms in total. The van der Waals surface area contributed by atoms with Gasteiger partial charge in [0.2, 0.25) is 0 Å². The summed E-state index contributed by atoms with van der Waals surface area (Å²) in [5.74, 6) is 0. The van der Waals surface area contributed by atoms with Crippen molar-refractivity contribution in [2.24, 2.45) is 0 Å². The van der Waals surface area contributed by atoms with Crippen LogP contribution >= 0.6 is 0 Å². The highest BCUT2D eigenvalue weighted by molar-refractivity contribution is 4.91. The van der Waals surface area contributed by atoms with Crippen LogP contribution in [0.5, 0.6) is 0 Å². The Morgan fingerprint density at radius 3 is 3.14 bits per heavy atom. The van der Waals surface area contributed by atoms with E-state index in [1.165, 1.54) is 38.8 Å². The Labute approximate surface area is 86.8 Å². The summed E-state index contributed by atoms with van der Waals surface area (Å²) in [5, 5.41) is 3.57. The van der Waals surface area contributed by atoms with Crippen LogP contribution in [-0.4, -0.2) is 50.3 Å². The van der Waals surface area contributed by atoms with Crippen LogP contribution in [0.15, 0.2) is 0 Å². The van der Waals surface area contributed by atoms with Gasteiger partial charge < -0.3 is 10.1 Å². The Morgan fingerprint density at radius 2 is 2.36 bits per heavy atom. The SMILES string of the molecule is COCCNC1CC2CCCCN2C1. The number of nitrogens with zero attached hydrogens (tertiary/aromatic N) is 1. The molecule has 2 atom stereocenters. The summed E-state index contributed by atoms with van der Waals surface area (Å²) >= 11 is 0. The zero-order valence-electron chi connectivity index (χ0n) is 9.17. The summed E-state index contributed by atoms with van der Waals surface area (Å²) in [5.41, 5.74) is 0. The summed E-state index contributed by atoms with van der Waals surface area (Å²) in [6.45, 7) is 4.42. The first kappa shape index (κ1) is 10.4.